The maximum atomic E-state index is 5.16. The number of benzene rings is 1. The minimum atomic E-state index is 0.719. The zero-order valence-electron chi connectivity index (χ0n) is 13.5. The number of aliphatic imine (C=N–C) groups is 1. The smallest absolute Gasteiger partial charge is 0.194 e. The fourth-order valence-corrected chi connectivity index (χ4v) is 2.71. The van der Waals surface area contributed by atoms with Gasteiger partial charge in [-0.05, 0) is 24.6 Å². The van der Waals surface area contributed by atoms with Crippen molar-refractivity contribution in [1.82, 2.24) is 15.2 Å². The van der Waals surface area contributed by atoms with E-state index >= 15 is 0 Å². The van der Waals surface area contributed by atoms with E-state index in [2.05, 4.69) is 25.6 Å². The lowest BCUT2D eigenvalue weighted by atomic mass is 10.2. The highest BCUT2D eigenvalue weighted by atomic mass is 32.1. The summed E-state index contributed by atoms with van der Waals surface area (Å²) in [6.45, 7) is 3.48. The van der Waals surface area contributed by atoms with Crippen LogP contribution in [0.2, 0.25) is 0 Å². The molecule has 0 atom stereocenters. The highest BCUT2D eigenvalue weighted by Gasteiger charge is 2.08. The summed E-state index contributed by atoms with van der Waals surface area (Å²) in [5.74, 6) is 1.71. The Morgan fingerprint density at radius 2 is 2.09 bits per heavy atom. The highest BCUT2D eigenvalue weighted by molar-refractivity contribution is 7.09. The van der Waals surface area contributed by atoms with Gasteiger partial charge in [-0.2, -0.15) is 0 Å². The topological polar surface area (TPSA) is 49.8 Å². The Hall–Kier alpha value is -2.08. The van der Waals surface area contributed by atoms with Crippen LogP contribution in [-0.2, 0) is 13.1 Å². The van der Waals surface area contributed by atoms with E-state index in [0.717, 1.165) is 35.5 Å². The number of thiazole rings is 1. The van der Waals surface area contributed by atoms with Crippen molar-refractivity contribution >= 4 is 17.3 Å². The molecule has 1 N–H and O–H groups in total. The van der Waals surface area contributed by atoms with Crippen molar-refractivity contribution in [1.29, 1.82) is 0 Å². The molecule has 22 heavy (non-hydrogen) atoms. The Kier molecular flexibility index (Phi) is 5.77. The van der Waals surface area contributed by atoms with Crippen LogP contribution in [0.4, 0.5) is 0 Å². The molecule has 6 heteroatoms. The zero-order valence-corrected chi connectivity index (χ0v) is 14.3. The Labute approximate surface area is 135 Å². The van der Waals surface area contributed by atoms with Crippen LogP contribution in [0.1, 0.15) is 16.3 Å². The lowest BCUT2D eigenvalue weighted by molar-refractivity contribution is 0.414. The van der Waals surface area contributed by atoms with Gasteiger partial charge < -0.3 is 15.0 Å². The first-order valence-corrected chi connectivity index (χ1v) is 7.96. The van der Waals surface area contributed by atoms with Crippen LogP contribution in [0.3, 0.4) is 0 Å². The molecule has 0 radical (unpaired) electrons. The third kappa shape index (κ3) is 4.46. The van der Waals surface area contributed by atoms with E-state index in [-0.39, 0.29) is 0 Å². The quantitative estimate of drug-likeness (QED) is 0.680. The molecular formula is C16H22N4OS. The number of aryl methyl sites for hydroxylation is 1. The van der Waals surface area contributed by atoms with E-state index in [4.69, 9.17) is 4.74 Å². The predicted octanol–water partition coefficient (Wildman–Crippen LogP) is 2.67. The molecule has 0 spiro atoms. The number of hydrogen-bond acceptors (Lipinski definition) is 4. The number of methoxy groups -OCH3 is 1. The Morgan fingerprint density at radius 1 is 1.36 bits per heavy atom. The second-order valence-electron chi connectivity index (χ2n) is 4.96. The Bertz CT molecular complexity index is 621. The third-order valence-electron chi connectivity index (χ3n) is 3.25. The third-order valence-corrected chi connectivity index (χ3v) is 4.07. The molecule has 2 aromatic rings. The summed E-state index contributed by atoms with van der Waals surface area (Å²) in [6.07, 6.45) is 0. The van der Waals surface area contributed by atoms with Gasteiger partial charge in [0, 0.05) is 26.0 Å². The number of nitrogens with one attached hydrogen (secondary N) is 1. The normalized spacial score (nSPS) is 11.4. The molecule has 0 aliphatic rings. The Balaban J connectivity index is 1.90. The number of ether oxygens (including phenoxy) is 1. The predicted molar refractivity (Wildman–Crippen MR) is 91.5 cm³/mol. The summed E-state index contributed by atoms with van der Waals surface area (Å²) >= 11 is 1.67. The van der Waals surface area contributed by atoms with Crippen LogP contribution in [0, 0.1) is 6.92 Å². The molecule has 0 saturated heterocycles. The van der Waals surface area contributed by atoms with Crippen molar-refractivity contribution in [2.45, 2.75) is 20.0 Å². The number of rotatable bonds is 5. The number of hydrogen-bond donors (Lipinski definition) is 1. The molecule has 0 fully saturated rings. The summed E-state index contributed by atoms with van der Waals surface area (Å²) in [5.41, 5.74) is 2.25. The zero-order chi connectivity index (χ0) is 15.9. The van der Waals surface area contributed by atoms with Gasteiger partial charge in [-0.3, -0.25) is 4.99 Å². The second-order valence-corrected chi connectivity index (χ2v) is 6.02. The van der Waals surface area contributed by atoms with Crippen LogP contribution in [0.15, 0.2) is 34.6 Å². The molecule has 0 saturated carbocycles. The highest BCUT2D eigenvalue weighted by Crippen LogP contribution is 2.12. The SMILES string of the molecule is CN=C(NCc1ccc(OC)cc1)N(C)Cc1csc(C)n1. The van der Waals surface area contributed by atoms with Crippen LogP contribution < -0.4 is 10.1 Å². The van der Waals surface area contributed by atoms with Gasteiger partial charge in [0.25, 0.3) is 0 Å². The largest absolute Gasteiger partial charge is 0.497 e. The van der Waals surface area contributed by atoms with E-state index in [1.54, 1.807) is 25.5 Å². The molecule has 118 valence electrons. The number of guanidine groups is 1. The summed E-state index contributed by atoms with van der Waals surface area (Å²) in [5, 5.41) is 6.53. The molecule has 0 unspecified atom stereocenters. The van der Waals surface area contributed by atoms with Gasteiger partial charge in [0.05, 0.1) is 24.4 Å². The van der Waals surface area contributed by atoms with Crippen LogP contribution in [0.25, 0.3) is 0 Å². The monoisotopic (exact) mass is 318 g/mol. The first kappa shape index (κ1) is 16.3. The van der Waals surface area contributed by atoms with Gasteiger partial charge in [0.2, 0.25) is 0 Å². The molecule has 5 nitrogen and oxygen atoms in total. The van der Waals surface area contributed by atoms with Crippen LogP contribution in [-0.4, -0.2) is 37.0 Å². The van der Waals surface area contributed by atoms with Gasteiger partial charge >= 0.3 is 0 Å². The molecule has 1 aromatic carbocycles. The summed E-state index contributed by atoms with van der Waals surface area (Å²) < 4.78 is 5.16. The fraction of sp³-hybridized carbons (Fsp3) is 0.375. The van der Waals surface area contributed by atoms with Gasteiger partial charge in [0.15, 0.2) is 5.96 Å². The van der Waals surface area contributed by atoms with Crippen molar-refractivity contribution in [2.75, 3.05) is 21.2 Å². The Morgan fingerprint density at radius 3 is 2.64 bits per heavy atom. The molecule has 1 aromatic heterocycles. The molecule has 1 heterocycles. The first-order valence-electron chi connectivity index (χ1n) is 7.08. The molecule has 0 aliphatic carbocycles. The van der Waals surface area contributed by atoms with Crippen molar-refractivity contribution in [2.24, 2.45) is 4.99 Å². The molecule has 2 rings (SSSR count). The number of aromatic nitrogens is 1. The number of nitrogens with zero attached hydrogens (tertiary/aromatic N) is 3. The molecule has 0 aliphatic heterocycles. The summed E-state index contributed by atoms with van der Waals surface area (Å²) in [7, 11) is 5.47. The average molecular weight is 318 g/mol. The second kappa shape index (κ2) is 7.79. The molecular weight excluding hydrogens is 296 g/mol. The molecule has 0 amide bonds. The van der Waals surface area contributed by atoms with Crippen molar-refractivity contribution in [3.63, 3.8) is 0 Å². The summed E-state index contributed by atoms with van der Waals surface area (Å²) in [6, 6.07) is 8.01. The van der Waals surface area contributed by atoms with Crippen molar-refractivity contribution in [3.8, 4) is 5.75 Å². The maximum absolute atomic E-state index is 5.16. The van der Waals surface area contributed by atoms with Crippen molar-refractivity contribution < 1.29 is 4.74 Å². The van der Waals surface area contributed by atoms with Crippen molar-refractivity contribution in [3.05, 3.63) is 45.9 Å². The van der Waals surface area contributed by atoms with Gasteiger partial charge in [-0.1, -0.05) is 12.1 Å². The summed E-state index contributed by atoms with van der Waals surface area (Å²) in [4.78, 5) is 10.9. The maximum Gasteiger partial charge on any atom is 0.194 e. The minimum Gasteiger partial charge on any atom is -0.497 e. The minimum absolute atomic E-state index is 0.719. The van der Waals surface area contributed by atoms with Crippen LogP contribution >= 0.6 is 11.3 Å². The lowest BCUT2D eigenvalue weighted by Crippen LogP contribution is -2.38. The van der Waals surface area contributed by atoms with Gasteiger partial charge in [-0.25, -0.2) is 4.98 Å². The fourth-order valence-electron chi connectivity index (χ4n) is 2.11. The lowest BCUT2D eigenvalue weighted by Gasteiger charge is -2.21. The van der Waals surface area contributed by atoms with E-state index < -0.39 is 0 Å². The van der Waals surface area contributed by atoms with Gasteiger partial charge in [0.1, 0.15) is 5.75 Å². The van der Waals surface area contributed by atoms with E-state index in [1.165, 1.54) is 5.56 Å². The molecule has 0 bridgehead atoms. The van der Waals surface area contributed by atoms with E-state index in [9.17, 15) is 0 Å². The first-order chi connectivity index (χ1) is 10.6. The van der Waals surface area contributed by atoms with Gasteiger partial charge in [-0.15, -0.1) is 11.3 Å². The van der Waals surface area contributed by atoms with Crippen LogP contribution in [0.5, 0.6) is 5.75 Å². The standard InChI is InChI=1S/C16H22N4OS/c1-12-19-14(11-22-12)10-20(3)16(17-2)18-9-13-5-7-15(21-4)8-6-13/h5-8,11H,9-10H2,1-4H3,(H,17,18). The average Bonchev–Trinajstić information content (AvgIpc) is 2.93. The van der Waals surface area contributed by atoms with E-state index in [1.807, 2.05) is 38.2 Å². The van der Waals surface area contributed by atoms with E-state index in [0.29, 0.717) is 0 Å².